The van der Waals surface area contributed by atoms with E-state index in [9.17, 15) is 14.4 Å². The molecule has 1 aliphatic heterocycles. The molecule has 2 amide bonds. The average molecular weight is 471 g/mol. The van der Waals surface area contributed by atoms with Crippen LogP contribution in [0, 0.1) is 5.92 Å². The minimum Gasteiger partial charge on any atom is -0.481 e. The van der Waals surface area contributed by atoms with E-state index < -0.39 is 18.0 Å². The van der Waals surface area contributed by atoms with Gasteiger partial charge in [-0.25, -0.2) is 4.79 Å². The summed E-state index contributed by atoms with van der Waals surface area (Å²) in [6.07, 6.45) is 0.0840. The molecule has 0 radical (unpaired) electrons. The van der Waals surface area contributed by atoms with Crippen molar-refractivity contribution in [1.82, 2.24) is 4.90 Å². The van der Waals surface area contributed by atoms with Gasteiger partial charge >= 0.3 is 12.1 Å². The first-order valence-corrected chi connectivity index (χ1v) is 11.7. The Morgan fingerprint density at radius 1 is 0.971 bits per heavy atom. The van der Waals surface area contributed by atoms with Crippen LogP contribution in [-0.2, 0) is 16.0 Å². The van der Waals surface area contributed by atoms with Crippen molar-refractivity contribution in [3.05, 3.63) is 89.0 Å². The van der Waals surface area contributed by atoms with E-state index in [0.29, 0.717) is 11.3 Å². The molecule has 0 spiro atoms. The van der Waals surface area contributed by atoms with Crippen LogP contribution in [0.1, 0.15) is 39.9 Å². The SMILES string of the molecule is CCc1ccc(NC(=O)OCC2c3ccccc3-c3ccccc32)c(C(=O)N2CC(C(=O)O)C2)c1. The van der Waals surface area contributed by atoms with Crippen LogP contribution in [0.3, 0.4) is 0 Å². The number of nitrogens with zero attached hydrogens (tertiary/aromatic N) is 1. The number of aliphatic carboxylic acids is 1. The number of ether oxygens (including phenoxy) is 1. The molecular formula is C28H26N2O5. The Balaban J connectivity index is 1.30. The maximum atomic E-state index is 13.0. The van der Waals surface area contributed by atoms with Crippen LogP contribution in [0.5, 0.6) is 0 Å². The zero-order chi connectivity index (χ0) is 24.5. The first-order chi connectivity index (χ1) is 17.0. The van der Waals surface area contributed by atoms with Crippen LogP contribution in [0.15, 0.2) is 66.7 Å². The van der Waals surface area contributed by atoms with E-state index in [-0.39, 0.29) is 31.5 Å². The van der Waals surface area contributed by atoms with Crippen molar-refractivity contribution in [2.75, 3.05) is 25.0 Å². The van der Waals surface area contributed by atoms with E-state index in [1.807, 2.05) is 37.3 Å². The molecule has 35 heavy (non-hydrogen) atoms. The van der Waals surface area contributed by atoms with Crippen molar-refractivity contribution in [2.45, 2.75) is 19.3 Å². The molecule has 0 saturated carbocycles. The number of hydrogen-bond donors (Lipinski definition) is 2. The highest BCUT2D eigenvalue weighted by atomic mass is 16.5. The summed E-state index contributed by atoms with van der Waals surface area (Å²) in [7, 11) is 0. The summed E-state index contributed by atoms with van der Waals surface area (Å²) >= 11 is 0. The first kappa shape index (κ1) is 22.7. The number of anilines is 1. The summed E-state index contributed by atoms with van der Waals surface area (Å²) < 4.78 is 5.63. The smallest absolute Gasteiger partial charge is 0.411 e. The predicted octanol–water partition coefficient (Wildman–Crippen LogP) is 4.77. The van der Waals surface area contributed by atoms with Crippen molar-refractivity contribution < 1.29 is 24.2 Å². The molecule has 7 heteroatoms. The number of benzene rings is 3. The number of likely N-dealkylation sites (tertiary alicyclic amines) is 1. The van der Waals surface area contributed by atoms with E-state index in [1.54, 1.807) is 12.1 Å². The molecule has 3 aromatic rings. The molecule has 1 heterocycles. The summed E-state index contributed by atoms with van der Waals surface area (Å²) in [6.45, 7) is 2.47. The second-order valence-corrected chi connectivity index (χ2v) is 8.93. The van der Waals surface area contributed by atoms with Crippen molar-refractivity contribution in [2.24, 2.45) is 5.92 Å². The molecule has 0 unspecified atom stereocenters. The Bertz CT molecular complexity index is 1270. The van der Waals surface area contributed by atoms with Crippen LogP contribution in [0.2, 0.25) is 0 Å². The number of rotatable bonds is 6. The maximum Gasteiger partial charge on any atom is 0.411 e. The second kappa shape index (κ2) is 9.25. The summed E-state index contributed by atoms with van der Waals surface area (Å²) in [4.78, 5) is 38.4. The average Bonchev–Trinajstić information content (AvgIpc) is 3.15. The van der Waals surface area contributed by atoms with Crippen LogP contribution in [0.4, 0.5) is 10.5 Å². The molecule has 2 N–H and O–H groups in total. The van der Waals surface area contributed by atoms with E-state index in [2.05, 4.69) is 29.6 Å². The minimum atomic E-state index is -0.909. The molecule has 1 saturated heterocycles. The quantitative estimate of drug-likeness (QED) is 0.541. The summed E-state index contributed by atoms with van der Waals surface area (Å²) in [5.74, 6) is -1.82. The molecule has 1 aliphatic carbocycles. The third-order valence-corrected chi connectivity index (χ3v) is 6.82. The largest absolute Gasteiger partial charge is 0.481 e. The Morgan fingerprint density at radius 2 is 1.60 bits per heavy atom. The molecule has 0 bridgehead atoms. The van der Waals surface area contributed by atoms with E-state index in [1.165, 1.54) is 4.90 Å². The second-order valence-electron chi connectivity index (χ2n) is 8.93. The number of aryl methyl sites for hydroxylation is 1. The van der Waals surface area contributed by atoms with Crippen LogP contribution in [0.25, 0.3) is 11.1 Å². The van der Waals surface area contributed by atoms with Crippen LogP contribution in [-0.4, -0.2) is 47.7 Å². The normalized spacial score (nSPS) is 14.6. The molecule has 0 atom stereocenters. The van der Waals surface area contributed by atoms with Gasteiger partial charge in [0.15, 0.2) is 0 Å². The topological polar surface area (TPSA) is 95.9 Å². The van der Waals surface area contributed by atoms with E-state index >= 15 is 0 Å². The van der Waals surface area contributed by atoms with Gasteiger partial charge in [0.2, 0.25) is 0 Å². The van der Waals surface area contributed by atoms with Gasteiger partial charge in [-0.05, 0) is 46.4 Å². The molecular weight excluding hydrogens is 444 g/mol. The lowest BCUT2D eigenvalue weighted by Gasteiger charge is -2.37. The number of nitrogens with one attached hydrogen (secondary N) is 1. The third kappa shape index (κ3) is 4.25. The summed E-state index contributed by atoms with van der Waals surface area (Å²) in [6, 6.07) is 21.5. The Labute approximate surface area is 203 Å². The van der Waals surface area contributed by atoms with Crippen LogP contribution >= 0.6 is 0 Å². The van der Waals surface area contributed by atoms with Gasteiger partial charge in [0.05, 0.1) is 17.2 Å². The molecule has 5 rings (SSSR count). The first-order valence-electron chi connectivity index (χ1n) is 11.7. The zero-order valence-electron chi connectivity index (χ0n) is 19.4. The van der Waals surface area contributed by atoms with Crippen molar-refractivity contribution in [1.29, 1.82) is 0 Å². The standard InChI is InChI=1S/C28H26N2O5/c1-2-17-11-12-25(23(13-17)26(31)30-14-18(15-30)27(32)33)29-28(34)35-16-24-21-9-5-3-7-19(21)20-8-4-6-10-22(20)24/h3-13,18,24H,2,14-16H2,1H3,(H,29,34)(H,32,33). The van der Waals surface area contributed by atoms with Crippen molar-refractivity contribution in [3.8, 4) is 11.1 Å². The van der Waals surface area contributed by atoms with Gasteiger partial charge in [0.25, 0.3) is 5.91 Å². The lowest BCUT2D eigenvalue weighted by molar-refractivity contribution is -0.146. The Morgan fingerprint density at radius 3 is 2.20 bits per heavy atom. The highest BCUT2D eigenvalue weighted by molar-refractivity contribution is 6.03. The summed E-state index contributed by atoms with van der Waals surface area (Å²) in [5, 5.41) is 11.8. The zero-order valence-corrected chi connectivity index (χ0v) is 19.4. The van der Waals surface area contributed by atoms with Gasteiger partial charge in [0.1, 0.15) is 6.61 Å². The van der Waals surface area contributed by atoms with E-state index in [4.69, 9.17) is 9.84 Å². The van der Waals surface area contributed by atoms with Crippen LogP contribution < -0.4 is 5.32 Å². The monoisotopic (exact) mass is 470 g/mol. The number of carboxylic acids is 1. The molecule has 1 fully saturated rings. The lowest BCUT2D eigenvalue weighted by Crippen LogP contribution is -2.53. The van der Waals surface area contributed by atoms with Gasteiger partial charge in [-0.3, -0.25) is 14.9 Å². The molecule has 2 aliphatic rings. The fraction of sp³-hybridized carbons (Fsp3) is 0.250. The molecule has 0 aromatic heterocycles. The highest BCUT2D eigenvalue weighted by Gasteiger charge is 2.37. The van der Waals surface area contributed by atoms with Gasteiger partial charge in [0, 0.05) is 19.0 Å². The van der Waals surface area contributed by atoms with Crippen molar-refractivity contribution in [3.63, 3.8) is 0 Å². The number of carboxylic acid groups (broad SMARTS) is 1. The molecule has 178 valence electrons. The maximum absolute atomic E-state index is 13.0. The Hall–Kier alpha value is -4.13. The number of amides is 2. The van der Waals surface area contributed by atoms with Gasteiger partial charge < -0.3 is 14.7 Å². The number of carbonyl (C=O) groups excluding carboxylic acids is 2. The van der Waals surface area contributed by atoms with Gasteiger partial charge in [-0.2, -0.15) is 0 Å². The fourth-order valence-corrected chi connectivity index (χ4v) is 4.81. The highest BCUT2D eigenvalue weighted by Crippen LogP contribution is 2.44. The fourth-order valence-electron chi connectivity index (χ4n) is 4.81. The minimum absolute atomic E-state index is 0.0641. The Kier molecular flexibility index (Phi) is 5.99. The van der Waals surface area contributed by atoms with Gasteiger partial charge in [-0.15, -0.1) is 0 Å². The van der Waals surface area contributed by atoms with Gasteiger partial charge in [-0.1, -0.05) is 61.5 Å². The van der Waals surface area contributed by atoms with Crippen molar-refractivity contribution >= 4 is 23.7 Å². The predicted molar refractivity (Wildman–Crippen MR) is 132 cm³/mol. The van der Waals surface area contributed by atoms with E-state index in [0.717, 1.165) is 34.2 Å². The number of hydrogen-bond acceptors (Lipinski definition) is 4. The summed E-state index contributed by atoms with van der Waals surface area (Å²) in [5.41, 5.74) is 6.17. The number of fused-ring (bicyclic) bond motifs is 3. The molecule has 7 nitrogen and oxygen atoms in total. The molecule has 3 aromatic carbocycles. The number of carbonyl (C=O) groups is 3. The lowest BCUT2D eigenvalue weighted by atomic mass is 9.97. The third-order valence-electron chi connectivity index (χ3n) is 6.82.